The smallest absolute Gasteiger partial charge is 0.159 e. The first-order valence-corrected chi connectivity index (χ1v) is 11.6. The third-order valence-electron chi connectivity index (χ3n) is 6.37. The van der Waals surface area contributed by atoms with Crippen LogP contribution in [0.1, 0.15) is 40.8 Å². The molecule has 33 heavy (non-hydrogen) atoms. The van der Waals surface area contributed by atoms with Crippen molar-refractivity contribution in [1.82, 2.24) is 20.0 Å². The number of nitrogens with zero attached hydrogens (tertiary/aromatic N) is 5. The fraction of sp³-hybridized carbons (Fsp3) is 0.357. The van der Waals surface area contributed by atoms with Crippen molar-refractivity contribution in [3.63, 3.8) is 0 Å². The average Bonchev–Trinajstić information content (AvgIpc) is 2.81. The van der Waals surface area contributed by atoms with Crippen LogP contribution in [0.3, 0.4) is 0 Å². The van der Waals surface area contributed by atoms with Crippen molar-refractivity contribution >= 4 is 23.7 Å². The third-order valence-corrected chi connectivity index (χ3v) is 6.37. The lowest BCUT2D eigenvalue weighted by Crippen LogP contribution is -2.43. The van der Waals surface area contributed by atoms with Crippen LogP contribution >= 0.6 is 0 Å². The Labute approximate surface area is 199 Å². The van der Waals surface area contributed by atoms with Crippen LogP contribution in [0, 0.1) is 6.92 Å². The van der Waals surface area contributed by atoms with Gasteiger partial charge in [0.15, 0.2) is 5.82 Å². The normalized spacial score (nSPS) is 15.2. The van der Waals surface area contributed by atoms with Gasteiger partial charge in [-0.05, 0) is 31.4 Å². The zero-order valence-electron chi connectivity index (χ0n) is 20.6. The molecular formula is C28H37N5. The quantitative estimate of drug-likeness (QED) is 0.494. The van der Waals surface area contributed by atoms with Gasteiger partial charge >= 0.3 is 0 Å². The molecule has 5 heteroatoms. The van der Waals surface area contributed by atoms with Gasteiger partial charge in [-0.3, -0.25) is 4.90 Å². The zero-order valence-corrected chi connectivity index (χ0v) is 20.6. The number of piperidine rings is 1. The summed E-state index contributed by atoms with van der Waals surface area (Å²) in [6.07, 6.45) is 9.60. The molecule has 1 saturated heterocycles. The first-order chi connectivity index (χ1) is 15.9. The molecule has 2 heterocycles. The summed E-state index contributed by atoms with van der Waals surface area (Å²) >= 11 is 0. The van der Waals surface area contributed by atoms with E-state index < -0.39 is 0 Å². The van der Waals surface area contributed by atoms with Gasteiger partial charge in [0.1, 0.15) is 5.69 Å². The van der Waals surface area contributed by atoms with Gasteiger partial charge in [0, 0.05) is 57.9 Å². The van der Waals surface area contributed by atoms with Gasteiger partial charge in [-0.15, -0.1) is 10.2 Å². The Morgan fingerprint density at radius 1 is 1.06 bits per heavy atom. The van der Waals surface area contributed by atoms with Crippen LogP contribution in [-0.2, 0) is 6.54 Å². The van der Waals surface area contributed by atoms with Crippen LogP contribution in [0.5, 0.6) is 0 Å². The number of anilines is 1. The predicted molar refractivity (Wildman–Crippen MR) is 142 cm³/mol. The lowest BCUT2D eigenvalue weighted by Gasteiger charge is -2.38. The SMILES string of the molecule is C=C/C=C(/c1nnc(N(C)C2CCN(Cc3cccc(C)c3)CC2)c(C=C)c1C=C)N(C)C. The van der Waals surface area contributed by atoms with E-state index in [0.717, 1.165) is 60.8 Å². The molecule has 0 amide bonds. The molecule has 0 spiro atoms. The van der Waals surface area contributed by atoms with Crippen molar-refractivity contribution in [2.24, 2.45) is 0 Å². The van der Waals surface area contributed by atoms with E-state index in [2.05, 4.69) is 78.0 Å². The van der Waals surface area contributed by atoms with Gasteiger partial charge in [0.05, 0.1) is 5.70 Å². The van der Waals surface area contributed by atoms with Crippen LogP contribution in [0.4, 0.5) is 5.82 Å². The molecule has 1 aliphatic rings. The Kier molecular flexibility index (Phi) is 8.23. The maximum Gasteiger partial charge on any atom is 0.159 e. The van der Waals surface area contributed by atoms with E-state index in [4.69, 9.17) is 0 Å². The number of likely N-dealkylation sites (tertiary alicyclic amines) is 1. The van der Waals surface area contributed by atoms with E-state index in [0.29, 0.717) is 6.04 Å². The largest absolute Gasteiger partial charge is 0.376 e. The highest BCUT2D eigenvalue weighted by Crippen LogP contribution is 2.31. The summed E-state index contributed by atoms with van der Waals surface area (Å²) in [5, 5.41) is 9.27. The number of benzene rings is 1. The van der Waals surface area contributed by atoms with Gasteiger partial charge in [0.25, 0.3) is 0 Å². The molecule has 0 unspecified atom stereocenters. The minimum atomic E-state index is 0.410. The summed E-state index contributed by atoms with van der Waals surface area (Å²) in [6, 6.07) is 9.21. The molecule has 3 rings (SSSR count). The van der Waals surface area contributed by atoms with E-state index in [1.54, 1.807) is 6.08 Å². The second kappa shape index (κ2) is 11.1. The molecule has 0 N–H and O–H groups in total. The van der Waals surface area contributed by atoms with Crippen molar-refractivity contribution < 1.29 is 0 Å². The van der Waals surface area contributed by atoms with E-state index in [9.17, 15) is 0 Å². The van der Waals surface area contributed by atoms with E-state index >= 15 is 0 Å². The van der Waals surface area contributed by atoms with E-state index in [1.807, 2.05) is 37.2 Å². The highest BCUT2D eigenvalue weighted by Gasteiger charge is 2.26. The molecule has 5 nitrogen and oxygen atoms in total. The first-order valence-electron chi connectivity index (χ1n) is 11.6. The summed E-state index contributed by atoms with van der Waals surface area (Å²) in [4.78, 5) is 6.83. The summed E-state index contributed by atoms with van der Waals surface area (Å²) < 4.78 is 0. The van der Waals surface area contributed by atoms with Crippen LogP contribution in [0.25, 0.3) is 17.8 Å². The Hall–Kier alpha value is -3.18. The Balaban J connectivity index is 1.79. The summed E-state index contributed by atoms with van der Waals surface area (Å²) in [7, 11) is 6.10. The van der Waals surface area contributed by atoms with E-state index in [-0.39, 0.29) is 0 Å². The number of hydrogen-bond acceptors (Lipinski definition) is 5. The molecule has 0 atom stereocenters. The minimum absolute atomic E-state index is 0.410. The molecule has 0 saturated carbocycles. The van der Waals surface area contributed by atoms with Gasteiger partial charge in [-0.1, -0.05) is 67.8 Å². The summed E-state index contributed by atoms with van der Waals surface area (Å²) in [5.41, 5.74) is 6.35. The molecule has 1 aromatic heterocycles. The summed E-state index contributed by atoms with van der Waals surface area (Å²) in [6.45, 7) is 17.3. The topological polar surface area (TPSA) is 35.5 Å². The number of aromatic nitrogens is 2. The van der Waals surface area contributed by atoms with Crippen molar-refractivity contribution in [2.45, 2.75) is 32.4 Å². The van der Waals surface area contributed by atoms with Gasteiger partial charge in [0.2, 0.25) is 0 Å². The number of aryl methyl sites for hydroxylation is 1. The number of allylic oxidation sites excluding steroid dienone is 2. The monoisotopic (exact) mass is 443 g/mol. The second-order valence-electron chi connectivity index (χ2n) is 8.90. The van der Waals surface area contributed by atoms with Gasteiger partial charge < -0.3 is 9.80 Å². The zero-order chi connectivity index (χ0) is 24.0. The van der Waals surface area contributed by atoms with Crippen molar-refractivity contribution in [3.05, 3.63) is 84.1 Å². The first kappa shape index (κ1) is 24.5. The Bertz CT molecular complexity index is 1030. The Morgan fingerprint density at radius 3 is 2.33 bits per heavy atom. The highest BCUT2D eigenvalue weighted by molar-refractivity contribution is 5.80. The maximum atomic E-state index is 4.66. The van der Waals surface area contributed by atoms with Crippen molar-refractivity contribution in [3.8, 4) is 0 Å². The molecule has 2 aromatic rings. The molecule has 0 radical (unpaired) electrons. The standard InChI is InChI=1S/C28H37N5/c1-8-12-26(31(5)6)27-24(9-2)25(10-3)28(30-29-27)32(7)23-15-17-33(18-16-23)20-22-14-11-13-21(4)19-22/h8-14,19,23H,1-3,15-18,20H2,4-7H3/b26-12-. The van der Waals surface area contributed by atoms with Crippen molar-refractivity contribution in [2.75, 3.05) is 39.1 Å². The molecule has 1 aromatic carbocycles. The van der Waals surface area contributed by atoms with Crippen LogP contribution in [-0.4, -0.2) is 60.3 Å². The molecular weight excluding hydrogens is 406 g/mol. The predicted octanol–water partition coefficient (Wildman–Crippen LogP) is 5.26. The maximum absolute atomic E-state index is 4.66. The van der Waals surface area contributed by atoms with Crippen LogP contribution in [0.2, 0.25) is 0 Å². The molecule has 174 valence electrons. The van der Waals surface area contributed by atoms with Gasteiger partial charge in [-0.2, -0.15) is 0 Å². The van der Waals surface area contributed by atoms with Crippen LogP contribution < -0.4 is 4.90 Å². The fourth-order valence-corrected chi connectivity index (χ4v) is 4.57. The molecule has 1 aliphatic heterocycles. The molecule has 0 bridgehead atoms. The molecule has 0 aliphatic carbocycles. The number of hydrogen-bond donors (Lipinski definition) is 0. The Morgan fingerprint density at radius 2 is 1.76 bits per heavy atom. The second-order valence-corrected chi connectivity index (χ2v) is 8.90. The average molecular weight is 444 g/mol. The van der Waals surface area contributed by atoms with E-state index in [1.165, 1.54) is 11.1 Å². The highest BCUT2D eigenvalue weighted by atomic mass is 15.3. The molecule has 1 fully saturated rings. The fourth-order valence-electron chi connectivity index (χ4n) is 4.57. The minimum Gasteiger partial charge on any atom is -0.376 e. The number of rotatable bonds is 9. The van der Waals surface area contributed by atoms with Crippen molar-refractivity contribution in [1.29, 1.82) is 0 Å². The van der Waals surface area contributed by atoms with Gasteiger partial charge in [-0.25, -0.2) is 0 Å². The summed E-state index contributed by atoms with van der Waals surface area (Å²) in [5.74, 6) is 0.859. The van der Waals surface area contributed by atoms with Crippen LogP contribution in [0.15, 0.2) is 56.2 Å². The third kappa shape index (κ3) is 5.60. The lowest BCUT2D eigenvalue weighted by molar-refractivity contribution is 0.203. The lowest BCUT2D eigenvalue weighted by atomic mass is 10.00.